The second kappa shape index (κ2) is 6.20. The van der Waals surface area contributed by atoms with Crippen molar-refractivity contribution in [2.24, 2.45) is 12.8 Å². The lowest BCUT2D eigenvalue weighted by Crippen LogP contribution is -2.51. The Bertz CT molecular complexity index is 899. The molecule has 128 valence electrons. The van der Waals surface area contributed by atoms with Crippen LogP contribution in [0.2, 0.25) is 0 Å². The summed E-state index contributed by atoms with van der Waals surface area (Å²) in [6.45, 7) is 2.54. The SMILES string of the molecule is CC(N)C1CCCCN1C(=O)c1cnc2c(c1)c(=O)[nH]c(=O)n2C. The Hall–Kier alpha value is -2.48. The van der Waals surface area contributed by atoms with E-state index in [1.165, 1.54) is 23.9 Å². The van der Waals surface area contributed by atoms with Gasteiger partial charge in [-0.15, -0.1) is 0 Å². The molecule has 8 heteroatoms. The largest absolute Gasteiger partial charge is 0.334 e. The van der Waals surface area contributed by atoms with Gasteiger partial charge in [-0.3, -0.25) is 19.1 Å². The van der Waals surface area contributed by atoms with Crippen LogP contribution in [0.25, 0.3) is 11.0 Å². The molecule has 0 bridgehead atoms. The van der Waals surface area contributed by atoms with Crippen LogP contribution >= 0.6 is 0 Å². The summed E-state index contributed by atoms with van der Waals surface area (Å²) in [5.41, 5.74) is 5.53. The Morgan fingerprint density at radius 3 is 2.88 bits per heavy atom. The number of aryl methyl sites for hydroxylation is 1. The number of piperidine rings is 1. The predicted octanol–water partition coefficient (Wildman–Crippen LogP) is -0.0363. The molecule has 3 N–H and O–H groups in total. The van der Waals surface area contributed by atoms with Crippen molar-refractivity contribution in [2.45, 2.75) is 38.3 Å². The number of pyridine rings is 1. The van der Waals surface area contributed by atoms with Crippen molar-refractivity contribution in [1.29, 1.82) is 0 Å². The molecule has 0 spiro atoms. The minimum absolute atomic E-state index is 0.0136. The third kappa shape index (κ3) is 2.73. The molecule has 2 atom stereocenters. The number of carbonyl (C=O) groups is 1. The maximum atomic E-state index is 12.9. The highest BCUT2D eigenvalue weighted by Crippen LogP contribution is 2.22. The van der Waals surface area contributed by atoms with Gasteiger partial charge < -0.3 is 10.6 Å². The van der Waals surface area contributed by atoms with E-state index < -0.39 is 11.2 Å². The third-order valence-electron chi connectivity index (χ3n) is 4.62. The predicted molar refractivity (Wildman–Crippen MR) is 89.9 cm³/mol. The molecule has 1 saturated heterocycles. The topological polar surface area (TPSA) is 114 Å². The summed E-state index contributed by atoms with van der Waals surface area (Å²) in [6.07, 6.45) is 4.27. The highest BCUT2D eigenvalue weighted by atomic mass is 16.2. The number of hydrogen-bond acceptors (Lipinski definition) is 5. The van der Waals surface area contributed by atoms with Gasteiger partial charge in [0.1, 0.15) is 5.65 Å². The van der Waals surface area contributed by atoms with Crippen LogP contribution in [0.3, 0.4) is 0 Å². The number of likely N-dealkylation sites (tertiary alicyclic amines) is 1. The van der Waals surface area contributed by atoms with Gasteiger partial charge in [0.25, 0.3) is 11.5 Å². The molecule has 0 radical (unpaired) electrons. The van der Waals surface area contributed by atoms with Crippen LogP contribution < -0.4 is 17.0 Å². The zero-order valence-electron chi connectivity index (χ0n) is 13.8. The first-order chi connectivity index (χ1) is 11.4. The maximum Gasteiger partial charge on any atom is 0.329 e. The second-order valence-electron chi connectivity index (χ2n) is 6.33. The minimum Gasteiger partial charge on any atom is -0.334 e. The number of nitrogens with one attached hydrogen (secondary N) is 1. The normalized spacial score (nSPS) is 19.5. The second-order valence-corrected chi connectivity index (χ2v) is 6.33. The number of rotatable bonds is 2. The van der Waals surface area contributed by atoms with Crippen LogP contribution in [-0.2, 0) is 7.05 Å². The van der Waals surface area contributed by atoms with Gasteiger partial charge in [-0.05, 0) is 32.3 Å². The fourth-order valence-electron chi connectivity index (χ4n) is 3.28. The van der Waals surface area contributed by atoms with E-state index in [0.29, 0.717) is 12.1 Å². The minimum atomic E-state index is -0.544. The lowest BCUT2D eigenvalue weighted by Gasteiger charge is -2.38. The Morgan fingerprint density at radius 2 is 2.17 bits per heavy atom. The van der Waals surface area contributed by atoms with E-state index in [0.717, 1.165) is 19.3 Å². The maximum absolute atomic E-state index is 12.9. The zero-order valence-corrected chi connectivity index (χ0v) is 13.8. The Balaban J connectivity index is 2.04. The monoisotopic (exact) mass is 331 g/mol. The summed E-state index contributed by atoms with van der Waals surface area (Å²) in [5.74, 6) is -0.181. The molecule has 2 aromatic rings. The van der Waals surface area contributed by atoms with Crippen molar-refractivity contribution >= 4 is 16.9 Å². The van der Waals surface area contributed by atoms with Gasteiger partial charge in [0, 0.05) is 31.9 Å². The molecule has 1 aliphatic rings. The number of amides is 1. The molecule has 0 saturated carbocycles. The summed E-state index contributed by atoms with van der Waals surface area (Å²) >= 11 is 0. The van der Waals surface area contributed by atoms with Gasteiger partial charge in [0.2, 0.25) is 0 Å². The molecule has 2 aromatic heterocycles. The van der Waals surface area contributed by atoms with Gasteiger partial charge in [-0.1, -0.05) is 0 Å². The third-order valence-corrected chi connectivity index (χ3v) is 4.62. The Labute approximate surface area is 138 Å². The fraction of sp³-hybridized carbons (Fsp3) is 0.500. The number of nitrogens with two attached hydrogens (primary N) is 1. The lowest BCUT2D eigenvalue weighted by atomic mass is 9.96. The summed E-state index contributed by atoms with van der Waals surface area (Å²) in [5, 5.41) is 0.220. The summed E-state index contributed by atoms with van der Waals surface area (Å²) in [7, 11) is 1.52. The molecule has 0 aliphatic carbocycles. The number of aromatic amines is 1. The quantitative estimate of drug-likeness (QED) is 0.802. The molecule has 1 amide bonds. The van der Waals surface area contributed by atoms with Crippen molar-refractivity contribution in [3.63, 3.8) is 0 Å². The van der Waals surface area contributed by atoms with Crippen LogP contribution in [0.4, 0.5) is 0 Å². The van der Waals surface area contributed by atoms with E-state index in [9.17, 15) is 14.4 Å². The average molecular weight is 331 g/mol. The molecular weight excluding hydrogens is 310 g/mol. The van der Waals surface area contributed by atoms with E-state index in [-0.39, 0.29) is 29.0 Å². The van der Waals surface area contributed by atoms with E-state index in [4.69, 9.17) is 5.73 Å². The van der Waals surface area contributed by atoms with Gasteiger partial charge in [-0.25, -0.2) is 9.78 Å². The molecule has 8 nitrogen and oxygen atoms in total. The molecular formula is C16H21N5O3. The lowest BCUT2D eigenvalue weighted by molar-refractivity contribution is 0.0583. The van der Waals surface area contributed by atoms with Crippen LogP contribution in [0.5, 0.6) is 0 Å². The van der Waals surface area contributed by atoms with E-state index >= 15 is 0 Å². The molecule has 3 heterocycles. The first-order valence-electron chi connectivity index (χ1n) is 8.05. The average Bonchev–Trinajstić information content (AvgIpc) is 2.58. The van der Waals surface area contributed by atoms with Crippen molar-refractivity contribution in [3.05, 3.63) is 38.7 Å². The van der Waals surface area contributed by atoms with Gasteiger partial charge in [0.05, 0.1) is 10.9 Å². The van der Waals surface area contributed by atoms with Crippen molar-refractivity contribution in [3.8, 4) is 0 Å². The highest BCUT2D eigenvalue weighted by molar-refractivity contribution is 5.97. The first kappa shape index (κ1) is 16.4. The van der Waals surface area contributed by atoms with Gasteiger partial charge in [-0.2, -0.15) is 0 Å². The van der Waals surface area contributed by atoms with Gasteiger partial charge in [0.15, 0.2) is 0 Å². The molecule has 24 heavy (non-hydrogen) atoms. The summed E-state index contributed by atoms with van der Waals surface area (Å²) < 4.78 is 1.25. The smallest absolute Gasteiger partial charge is 0.329 e. The first-order valence-corrected chi connectivity index (χ1v) is 8.05. The number of fused-ring (bicyclic) bond motifs is 1. The highest BCUT2D eigenvalue weighted by Gasteiger charge is 2.30. The zero-order chi connectivity index (χ0) is 17.4. The van der Waals surface area contributed by atoms with Crippen molar-refractivity contribution in [1.82, 2.24) is 19.4 Å². The van der Waals surface area contributed by atoms with Gasteiger partial charge >= 0.3 is 5.69 Å². The van der Waals surface area contributed by atoms with E-state index in [1.54, 1.807) is 4.90 Å². The van der Waals surface area contributed by atoms with Crippen molar-refractivity contribution < 1.29 is 4.79 Å². The van der Waals surface area contributed by atoms with E-state index in [1.807, 2.05) is 6.92 Å². The van der Waals surface area contributed by atoms with Crippen molar-refractivity contribution in [2.75, 3.05) is 6.54 Å². The Morgan fingerprint density at radius 1 is 1.42 bits per heavy atom. The number of carbonyl (C=O) groups excluding carboxylic acids is 1. The number of aromatic nitrogens is 3. The van der Waals surface area contributed by atoms with Crippen LogP contribution in [0, 0.1) is 0 Å². The molecule has 3 rings (SSSR count). The summed E-state index contributed by atoms with van der Waals surface area (Å²) in [4.78, 5) is 44.7. The molecule has 0 aromatic carbocycles. The van der Waals surface area contributed by atoms with Crippen LogP contribution in [0.15, 0.2) is 21.9 Å². The number of H-pyrrole nitrogens is 1. The fourth-order valence-corrected chi connectivity index (χ4v) is 3.28. The molecule has 1 fully saturated rings. The Kier molecular flexibility index (Phi) is 4.23. The molecule has 2 unspecified atom stereocenters. The van der Waals surface area contributed by atoms with E-state index in [2.05, 4.69) is 9.97 Å². The number of nitrogens with zero attached hydrogens (tertiary/aromatic N) is 3. The molecule has 1 aliphatic heterocycles. The summed E-state index contributed by atoms with van der Waals surface area (Å²) in [6, 6.07) is 1.36. The standard InChI is InChI=1S/C16H21N5O3/c1-9(17)12-5-3-4-6-21(12)15(23)10-7-11-13(18-8-10)20(2)16(24)19-14(11)22/h7-9,12H,3-6,17H2,1-2H3,(H,19,22,24). The number of hydrogen-bond donors (Lipinski definition) is 2. The van der Waals surface area contributed by atoms with Crippen LogP contribution in [0.1, 0.15) is 36.5 Å². The van der Waals surface area contributed by atoms with Crippen LogP contribution in [-0.4, -0.2) is 44.0 Å².